The summed E-state index contributed by atoms with van der Waals surface area (Å²) in [5, 5.41) is 12.2. The number of methoxy groups -OCH3 is 1. The van der Waals surface area contributed by atoms with E-state index in [9.17, 15) is 10.1 Å². The molecule has 30 heavy (non-hydrogen) atoms. The lowest BCUT2D eigenvalue weighted by Gasteiger charge is -2.42. The van der Waals surface area contributed by atoms with Crippen LogP contribution in [0.15, 0.2) is 0 Å². The summed E-state index contributed by atoms with van der Waals surface area (Å²) < 4.78 is 5.19. The molecule has 2 heterocycles. The Bertz CT molecular complexity index is 633. The van der Waals surface area contributed by atoms with Crippen molar-refractivity contribution in [1.82, 2.24) is 9.80 Å². The number of fused-ring (bicyclic) bond motifs is 1. The third-order valence-electron chi connectivity index (χ3n) is 8.16. The van der Waals surface area contributed by atoms with E-state index >= 15 is 0 Å². The predicted octanol–water partition coefficient (Wildman–Crippen LogP) is 1.93. The summed E-state index contributed by atoms with van der Waals surface area (Å²) in [6.07, 6.45) is 9.98. The highest BCUT2D eigenvalue weighted by Gasteiger charge is 2.48. The maximum atomic E-state index is 12.6. The first-order chi connectivity index (χ1) is 14.6. The van der Waals surface area contributed by atoms with Crippen molar-refractivity contribution in [1.29, 1.82) is 5.26 Å². The van der Waals surface area contributed by atoms with Gasteiger partial charge in [-0.25, -0.2) is 4.90 Å². The van der Waals surface area contributed by atoms with Crippen molar-refractivity contribution in [3.05, 3.63) is 0 Å². The molecular formula is C23H38ClN4O2+. The van der Waals surface area contributed by atoms with Crippen molar-refractivity contribution in [2.45, 2.75) is 81.3 Å². The molecule has 6 nitrogen and oxygen atoms in total. The van der Waals surface area contributed by atoms with Crippen LogP contribution < -0.4 is 5.32 Å². The number of rotatable bonds is 5. The molecule has 5 atom stereocenters. The number of nitrogens with two attached hydrogens (primary N) is 1. The number of nitriles is 1. The van der Waals surface area contributed by atoms with Crippen molar-refractivity contribution >= 4 is 17.6 Å². The molecular weight excluding hydrogens is 400 g/mol. The number of alkyl halides is 1. The molecule has 2 saturated carbocycles. The number of ether oxygens (including phenoxy) is 1. The van der Waals surface area contributed by atoms with Gasteiger partial charge in [0.05, 0.1) is 19.2 Å². The van der Waals surface area contributed by atoms with Crippen molar-refractivity contribution in [2.24, 2.45) is 17.8 Å². The van der Waals surface area contributed by atoms with E-state index in [0.717, 1.165) is 70.7 Å². The van der Waals surface area contributed by atoms with Crippen LogP contribution in [-0.2, 0) is 9.53 Å². The largest absolute Gasteiger partial charge is 0.468 e. The Morgan fingerprint density at radius 3 is 2.60 bits per heavy atom. The third kappa shape index (κ3) is 5.12. The van der Waals surface area contributed by atoms with Crippen LogP contribution in [0.5, 0.6) is 0 Å². The molecule has 7 heteroatoms. The van der Waals surface area contributed by atoms with Crippen LogP contribution in [0.4, 0.5) is 0 Å². The zero-order valence-electron chi connectivity index (χ0n) is 18.3. The minimum absolute atomic E-state index is 0.0895. The number of quaternary nitrogens is 1. The van der Waals surface area contributed by atoms with Crippen LogP contribution >= 0.6 is 11.6 Å². The second-order valence-corrected chi connectivity index (χ2v) is 10.7. The molecule has 5 unspecified atom stereocenters. The molecule has 4 fully saturated rings. The normalized spacial score (nSPS) is 40.5. The highest BCUT2D eigenvalue weighted by atomic mass is 35.5. The molecule has 0 bridgehead atoms. The van der Waals surface area contributed by atoms with Gasteiger partial charge in [0.15, 0.2) is 0 Å². The zero-order chi connectivity index (χ0) is 21.1. The summed E-state index contributed by atoms with van der Waals surface area (Å²) in [6, 6.07) is 3.33. The van der Waals surface area contributed by atoms with E-state index in [-0.39, 0.29) is 17.9 Å². The van der Waals surface area contributed by atoms with Gasteiger partial charge in [0.25, 0.3) is 0 Å². The Labute approximate surface area is 186 Å². The van der Waals surface area contributed by atoms with Crippen LogP contribution in [0.25, 0.3) is 0 Å². The molecule has 2 aliphatic carbocycles. The maximum absolute atomic E-state index is 12.6. The summed E-state index contributed by atoms with van der Waals surface area (Å²) in [7, 11) is 1.51. The lowest BCUT2D eigenvalue weighted by Crippen LogP contribution is -2.89. The van der Waals surface area contributed by atoms with Crippen LogP contribution in [0.2, 0.25) is 0 Å². The highest BCUT2D eigenvalue weighted by molar-refractivity contribution is 6.20. The van der Waals surface area contributed by atoms with E-state index in [2.05, 4.69) is 21.2 Å². The summed E-state index contributed by atoms with van der Waals surface area (Å²) in [4.78, 5) is 17.7. The maximum Gasteiger partial charge on any atom is 0.323 e. The molecule has 0 amide bonds. The Morgan fingerprint density at radius 2 is 1.87 bits per heavy atom. The number of nitrogens with zero attached hydrogens (tertiary/aromatic N) is 3. The molecule has 4 rings (SSSR count). The third-order valence-corrected chi connectivity index (χ3v) is 8.60. The van der Waals surface area contributed by atoms with Gasteiger partial charge in [-0.1, -0.05) is 6.42 Å². The number of likely N-dealkylation sites (tertiary alicyclic amines) is 1. The number of carbonyl (C=O) groups is 1. The number of halogens is 1. The Balaban J connectivity index is 1.40. The molecule has 0 radical (unpaired) electrons. The molecule has 2 N–H and O–H groups in total. The SMILES string of the molecule is COC(=O)C1CC2[NH2+]CN(CC3CCC(Cl)CC3)C2CN1CC1CCCC(C#N)C1. The molecule has 0 aromatic rings. The van der Waals surface area contributed by atoms with Crippen molar-refractivity contribution in [2.75, 3.05) is 33.4 Å². The van der Waals surface area contributed by atoms with E-state index in [4.69, 9.17) is 16.3 Å². The first kappa shape index (κ1) is 22.3. The smallest absolute Gasteiger partial charge is 0.323 e. The summed E-state index contributed by atoms with van der Waals surface area (Å²) in [6.45, 7) is 4.07. The van der Waals surface area contributed by atoms with Gasteiger partial charge < -0.3 is 10.1 Å². The van der Waals surface area contributed by atoms with Gasteiger partial charge in [-0.15, -0.1) is 11.6 Å². The number of hydrogen-bond donors (Lipinski definition) is 1. The predicted molar refractivity (Wildman–Crippen MR) is 116 cm³/mol. The fourth-order valence-corrected chi connectivity index (χ4v) is 6.70. The van der Waals surface area contributed by atoms with Gasteiger partial charge in [0.1, 0.15) is 18.8 Å². The zero-order valence-corrected chi connectivity index (χ0v) is 19.1. The Hall–Kier alpha value is -0.870. The van der Waals surface area contributed by atoms with Gasteiger partial charge in [-0.05, 0) is 56.8 Å². The van der Waals surface area contributed by atoms with Gasteiger partial charge in [0, 0.05) is 37.4 Å². The fraction of sp³-hybridized carbons (Fsp3) is 0.913. The topological polar surface area (TPSA) is 73.2 Å². The number of carbonyl (C=O) groups excluding carboxylic acids is 1. The quantitative estimate of drug-likeness (QED) is 0.525. The molecule has 0 aromatic heterocycles. The van der Waals surface area contributed by atoms with Crippen LogP contribution in [0.1, 0.15) is 57.8 Å². The van der Waals surface area contributed by atoms with Gasteiger partial charge >= 0.3 is 5.97 Å². The second-order valence-electron chi connectivity index (χ2n) is 10.1. The average Bonchev–Trinajstić information content (AvgIpc) is 3.16. The van der Waals surface area contributed by atoms with E-state index in [1.54, 1.807) is 0 Å². The van der Waals surface area contributed by atoms with E-state index < -0.39 is 0 Å². The fourth-order valence-electron chi connectivity index (χ4n) is 6.45. The summed E-state index contributed by atoms with van der Waals surface area (Å²) in [5.74, 6) is 1.37. The Kier molecular flexibility index (Phi) is 7.57. The first-order valence-electron chi connectivity index (χ1n) is 12.0. The van der Waals surface area contributed by atoms with Crippen LogP contribution in [-0.4, -0.2) is 72.7 Å². The molecule has 2 saturated heterocycles. The van der Waals surface area contributed by atoms with E-state index in [1.807, 2.05) is 0 Å². The average molecular weight is 438 g/mol. The summed E-state index contributed by atoms with van der Waals surface area (Å²) in [5.41, 5.74) is 0. The first-order valence-corrected chi connectivity index (χ1v) is 12.4. The van der Waals surface area contributed by atoms with E-state index in [1.165, 1.54) is 26.4 Å². The minimum atomic E-state index is -0.137. The number of hydrogen-bond acceptors (Lipinski definition) is 5. The van der Waals surface area contributed by atoms with Crippen LogP contribution in [0, 0.1) is 29.1 Å². The molecule has 2 aliphatic heterocycles. The molecule has 0 spiro atoms. The van der Waals surface area contributed by atoms with Gasteiger partial charge in [0.2, 0.25) is 0 Å². The lowest BCUT2D eigenvalue weighted by atomic mass is 9.81. The Morgan fingerprint density at radius 1 is 1.10 bits per heavy atom. The number of esters is 1. The van der Waals surface area contributed by atoms with Crippen LogP contribution in [0.3, 0.4) is 0 Å². The minimum Gasteiger partial charge on any atom is -0.468 e. The standard InChI is InChI=1S/C23H37ClN4O2/c1-30-23(29)21-10-20-22(14-27(21)13-18-4-2-3-17(9-18)11-25)28(15-26-20)12-16-5-7-19(24)8-6-16/h16-22,26H,2-10,12-15H2,1H3/p+1. The molecule has 0 aromatic carbocycles. The highest BCUT2D eigenvalue weighted by Crippen LogP contribution is 2.33. The molecule has 168 valence electrons. The van der Waals surface area contributed by atoms with Crippen molar-refractivity contribution in [3.8, 4) is 6.07 Å². The lowest BCUT2D eigenvalue weighted by molar-refractivity contribution is -0.678. The van der Waals surface area contributed by atoms with Gasteiger partial charge in [-0.2, -0.15) is 5.26 Å². The monoisotopic (exact) mass is 437 g/mol. The molecule has 4 aliphatic rings. The summed E-state index contributed by atoms with van der Waals surface area (Å²) >= 11 is 6.31. The van der Waals surface area contributed by atoms with Crippen molar-refractivity contribution in [3.63, 3.8) is 0 Å². The second kappa shape index (κ2) is 10.2. The number of piperidine rings is 1. The van der Waals surface area contributed by atoms with Gasteiger partial charge in [-0.3, -0.25) is 9.69 Å². The van der Waals surface area contributed by atoms with E-state index in [0.29, 0.717) is 23.4 Å². The van der Waals surface area contributed by atoms with Crippen molar-refractivity contribution < 1.29 is 14.8 Å².